The first-order valence-corrected chi connectivity index (χ1v) is 7.07. The van der Waals surface area contributed by atoms with E-state index in [2.05, 4.69) is 38.3 Å². The summed E-state index contributed by atoms with van der Waals surface area (Å²) in [5.41, 5.74) is 1.72. The molecule has 0 aromatic carbocycles. The Morgan fingerprint density at radius 2 is 2.44 bits per heavy atom. The van der Waals surface area contributed by atoms with Gasteiger partial charge in [-0.05, 0) is 38.3 Å². The van der Waals surface area contributed by atoms with Gasteiger partial charge in [0, 0.05) is 6.54 Å². The molecule has 0 radical (unpaired) electrons. The molecule has 0 unspecified atom stereocenters. The van der Waals surface area contributed by atoms with Crippen molar-refractivity contribution < 1.29 is 0 Å². The number of allylic oxidation sites excluding steroid dienone is 1. The van der Waals surface area contributed by atoms with Gasteiger partial charge in [-0.2, -0.15) is 16.4 Å². The Morgan fingerprint density at radius 1 is 1.61 bits per heavy atom. The Bertz CT molecular complexity index is 592. The lowest BCUT2D eigenvalue weighted by molar-refractivity contribution is 0.649. The number of nitrogens with one attached hydrogen (secondary N) is 1. The van der Waals surface area contributed by atoms with Crippen molar-refractivity contribution in [2.24, 2.45) is 0 Å². The van der Waals surface area contributed by atoms with E-state index in [-0.39, 0.29) is 5.56 Å². The summed E-state index contributed by atoms with van der Waals surface area (Å²) in [6.45, 7) is 4.67. The van der Waals surface area contributed by atoms with Gasteiger partial charge in [-0.3, -0.25) is 4.79 Å². The summed E-state index contributed by atoms with van der Waals surface area (Å²) in [7, 11) is 0. The lowest BCUT2D eigenvalue weighted by Crippen LogP contribution is -2.23. The first-order valence-electron chi connectivity index (χ1n) is 5.34. The molecule has 2 rings (SSSR count). The van der Waals surface area contributed by atoms with E-state index in [9.17, 15) is 4.79 Å². The Kier molecular flexibility index (Phi) is 4.33. The van der Waals surface area contributed by atoms with Crippen molar-refractivity contribution in [1.29, 1.82) is 0 Å². The largest absolute Gasteiger partial charge is 0.379 e. The van der Waals surface area contributed by atoms with Crippen LogP contribution in [-0.4, -0.2) is 9.78 Å². The number of aromatic nitrogens is 2. The van der Waals surface area contributed by atoms with Crippen LogP contribution in [0.1, 0.15) is 5.56 Å². The highest BCUT2D eigenvalue weighted by atomic mass is 79.9. The monoisotopic (exact) mass is 325 g/mol. The first-order chi connectivity index (χ1) is 8.72. The van der Waals surface area contributed by atoms with Crippen LogP contribution >= 0.6 is 27.3 Å². The quantitative estimate of drug-likeness (QED) is 0.860. The molecule has 6 heteroatoms. The lowest BCUT2D eigenvalue weighted by atomic mass is 10.3. The van der Waals surface area contributed by atoms with Gasteiger partial charge in [0.05, 0.1) is 18.4 Å². The van der Waals surface area contributed by atoms with E-state index < -0.39 is 0 Å². The standard InChI is InChI=1S/C12H12BrN3OS/c1-2-4-16-12(17)11(13)10(7-15-16)14-6-9-3-5-18-8-9/h2-3,5,7-8,14H,1,4,6H2. The second kappa shape index (κ2) is 5.97. The van der Waals surface area contributed by atoms with Crippen LogP contribution in [0.4, 0.5) is 5.69 Å². The molecule has 18 heavy (non-hydrogen) atoms. The number of anilines is 1. The predicted octanol–water partition coefficient (Wildman–Crippen LogP) is 2.87. The number of hydrogen-bond donors (Lipinski definition) is 1. The topological polar surface area (TPSA) is 46.9 Å². The van der Waals surface area contributed by atoms with Crippen LogP contribution in [0.25, 0.3) is 0 Å². The zero-order valence-corrected chi connectivity index (χ0v) is 12.0. The van der Waals surface area contributed by atoms with Gasteiger partial charge in [-0.1, -0.05) is 6.08 Å². The van der Waals surface area contributed by atoms with E-state index in [4.69, 9.17) is 0 Å². The highest BCUT2D eigenvalue weighted by Crippen LogP contribution is 2.17. The highest BCUT2D eigenvalue weighted by molar-refractivity contribution is 9.10. The smallest absolute Gasteiger partial charge is 0.283 e. The fourth-order valence-corrected chi connectivity index (χ4v) is 2.55. The SMILES string of the molecule is C=CCn1ncc(NCc2ccsc2)c(Br)c1=O. The van der Waals surface area contributed by atoms with Gasteiger partial charge in [0.25, 0.3) is 5.56 Å². The lowest BCUT2D eigenvalue weighted by Gasteiger charge is -2.08. The predicted molar refractivity (Wildman–Crippen MR) is 78.0 cm³/mol. The van der Waals surface area contributed by atoms with Crippen molar-refractivity contribution in [3.05, 3.63) is 56.1 Å². The average Bonchev–Trinajstić information content (AvgIpc) is 2.87. The summed E-state index contributed by atoms with van der Waals surface area (Å²) in [5, 5.41) is 11.3. The normalized spacial score (nSPS) is 10.3. The van der Waals surface area contributed by atoms with Crippen LogP contribution in [0.2, 0.25) is 0 Å². The van der Waals surface area contributed by atoms with Crippen LogP contribution in [0.5, 0.6) is 0 Å². The third kappa shape index (κ3) is 2.88. The van der Waals surface area contributed by atoms with Crippen molar-refractivity contribution in [2.75, 3.05) is 5.32 Å². The molecule has 0 atom stereocenters. The van der Waals surface area contributed by atoms with Gasteiger partial charge in [0.15, 0.2) is 0 Å². The number of thiophene rings is 1. The van der Waals surface area contributed by atoms with Crippen LogP contribution in [0.15, 0.2) is 44.9 Å². The molecule has 0 aliphatic heterocycles. The summed E-state index contributed by atoms with van der Waals surface area (Å²) in [4.78, 5) is 11.9. The van der Waals surface area contributed by atoms with Crippen LogP contribution in [0, 0.1) is 0 Å². The maximum absolute atomic E-state index is 11.9. The molecule has 0 saturated carbocycles. The Hall–Kier alpha value is -1.40. The maximum atomic E-state index is 11.9. The molecule has 0 fully saturated rings. The Labute approximate surface area is 117 Å². The number of halogens is 1. The molecular weight excluding hydrogens is 314 g/mol. The number of hydrogen-bond acceptors (Lipinski definition) is 4. The minimum Gasteiger partial charge on any atom is -0.379 e. The molecule has 0 bridgehead atoms. The molecule has 2 aromatic heterocycles. The molecule has 4 nitrogen and oxygen atoms in total. The van der Waals surface area contributed by atoms with Gasteiger partial charge in [-0.25, -0.2) is 4.68 Å². The van der Waals surface area contributed by atoms with Crippen molar-refractivity contribution in [1.82, 2.24) is 9.78 Å². The number of rotatable bonds is 5. The van der Waals surface area contributed by atoms with Gasteiger partial charge in [0.1, 0.15) is 4.47 Å². The molecule has 0 amide bonds. The van der Waals surface area contributed by atoms with Gasteiger partial charge in [-0.15, -0.1) is 6.58 Å². The zero-order valence-electron chi connectivity index (χ0n) is 9.60. The van der Waals surface area contributed by atoms with E-state index in [1.807, 2.05) is 11.4 Å². The van der Waals surface area contributed by atoms with E-state index in [1.165, 1.54) is 10.2 Å². The summed E-state index contributed by atoms with van der Waals surface area (Å²) >= 11 is 4.94. The molecule has 94 valence electrons. The second-order valence-corrected chi connectivity index (χ2v) is 5.21. The first kappa shape index (κ1) is 13.0. The Balaban J connectivity index is 2.16. The van der Waals surface area contributed by atoms with Crippen LogP contribution in [0.3, 0.4) is 0 Å². The summed E-state index contributed by atoms with van der Waals surface area (Å²) < 4.78 is 1.85. The van der Waals surface area contributed by atoms with Gasteiger partial charge < -0.3 is 5.32 Å². The van der Waals surface area contributed by atoms with E-state index in [1.54, 1.807) is 23.6 Å². The summed E-state index contributed by atoms with van der Waals surface area (Å²) in [5.74, 6) is 0. The van der Waals surface area contributed by atoms with E-state index >= 15 is 0 Å². The van der Waals surface area contributed by atoms with E-state index in [0.717, 1.165) is 0 Å². The third-order valence-electron chi connectivity index (χ3n) is 2.35. The summed E-state index contributed by atoms with van der Waals surface area (Å²) in [6, 6.07) is 2.04. The summed E-state index contributed by atoms with van der Waals surface area (Å²) in [6.07, 6.45) is 3.28. The molecule has 2 heterocycles. The zero-order chi connectivity index (χ0) is 13.0. The highest BCUT2D eigenvalue weighted by Gasteiger charge is 2.07. The van der Waals surface area contributed by atoms with Gasteiger partial charge in [0.2, 0.25) is 0 Å². The van der Waals surface area contributed by atoms with Gasteiger partial charge >= 0.3 is 0 Å². The van der Waals surface area contributed by atoms with Crippen molar-refractivity contribution >= 4 is 33.0 Å². The van der Waals surface area contributed by atoms with Crippen molar-refractivity contribution in [3.8, 4) is 0 Å². The maximum Gasteiger partial charge on any atom is 0.283 e. The average molecular weight is 326 g/mol. The van der Waals surface area contributed by atoms with E-state index in [0.29, 0.717) is 23.2 Å². The molecule has 0 spiro atoms. The minimum atomic E-state index is -0.162. The van der Waals surface area contributed by atoms with Crippen LogP contribution in [-0.2, 0) is 13.1 Å². The second-order valence-electron chi connectivity index (χ2n) is 3.63. The minimum absolute atomic E-state index is 0.162. The Morgan fingerprint density at radius 3 is 3.11 bits per heavy atom. The molecule has 0 aliphatic rings. The molecular formula is C12H12BrN3OS. The van der Waals surface area contributed by atoms with Crippen molar-refractivity contribution in [2.45, 2.75) is 13.1 Å². The molecule has 1 N–H and O–H groups in total. The molecule has 2 aromatic rings. The fraction of sp³-hybridized carbons (Fsp3) is 0.167. The van der Waals surface area contributed by atoms with Crippen LogP contribution < -0.4 is 10.9 Å². The molecule has 0 aliphatic carbocycles. The fourth-order valence-electron chi connectivity index (χ4n) is 1.43. The number of nitrogens with zero attached hydrogens (tertiary/aromatic N) is 2. The third-order valence-corrected chi connectivity index (χ3v) is 3.85. The molecule has 0 saturated heterocycles. The van der Waals surface area contributed by atoms with Crippen molar-refractivity contribution in [3.63, 3.8) is 0 Å².